The molecule has 0 saturated carbocycles. The Balaban J connectivity index is 1.66. The first-order valence-corrected chi connectivity index (χ1v) is 12.0. The highest BCUT2D eigenvalue weighted by Gasteiger charge is 2.36. The molecule has 2 heterocycles. The summed E-state index contributed by atoms with van der Waals surface area (Å²) < 4.78 is 33.0. The van der Waals surface area contributed by atoms with Crippen molar-refractivity contribution in [3.8, 4) is 0 Å². The van der Waals surface area contributed by atoms with Gasteiger partial charge in [-0.25, -0.2) is 13.8 Å². The molecule has 1 aromatic heterocycles. The summed E-state index contributed by atoms with van der Waals surface area (Å²) in [6.45, 7) is 6.67. The van der Waals surface area contributed by atoms with Crippen LogP contribution in [0.1, 0.15) is 49.5 Å². The van der Waals surface area contributed by atoms with Crippen LogP contribution in [0.15, 0.2) is 42.5 Å². The Morgan fingerprint density at radius 2 is 2.00 bits per heavy atom. The minimum atomic E-state index is -2.70. The number of hydrogen-bond donors (Lipinski definition) is 2. The molecule has 0 unspecified atom stereocenters. The molecule has 2 aromatic carbocycles. The summed E-state index contributed by atoms with van der Waals surface area (Å²) in [6, 6.07) is 10.7. The fraction of sp³-hybridized carbons (Fsp3) is 0.385. The van der Waals surface area contributed by atoms with Crippen molar-refractivity contribution >= 4 is 40.5 Å². The number of aromatic nitrogens is 2. The topological polar surface area (TPSA) is 106 Å². The molecule has 3 aromatic rings. The molecule has 37 heavy (non-hydrogen) atoms. The third-order valence-electron chi connectivity index (χ3n) is 6.18. The Kier molecular flexibility index (Phi) is 7.53. The molecule has 0 spiro atoms. The van der Waals surface area contributed by atoms with Crippen LogP contribution in [0, 0.1) is 0 Å². The highest BCUT2D eigenvalue weighted by Crippen LogP contribution is 2.28. The van der Waals surface area contributed by atoms with E-state index in [1.807, 2.05) is 26.0 Å². The molecule has 11 heteroatoms. The van der Waals surface area contributed by atoms with Crippen molar-refractivity contribution in [2.24, 2.45) is 0 Å². The Bertz CT molecular complexity index is 1340. The molecule has 0 radical (unpaired) electrons. The predicted octanol–water partition coefficient (Wildman–Crippen LogP) is 3.89. The van der Waals surface area contributed by atoms with E-state index in [1.165, 1.54) is 25.1 Å². The molecular weight excluding hydrogens is 484 g/mol. The minimum absolute atomic E-state index is 0.0636. The predicted molar refractivity (Wildman–Crippen MR) is 135 cm³/mol. The van der Waals surface area contributed by atoms with E-state index in [9.17, 15) is 23.2 Å². The van der Waals surface area contributed by atoms with Crippen molar-refractivity contribution in [1.82, 2.24) is 14.9 Å². The van der Waals surface area contributed by atoms with E-state index in [0.717, 1.165) is 6.07 Å². The second-order valence-electron chi connectivity index (χ2n) is 9.34. The zero-order valence-corrected chi connectivity index (χ0v) is 20.9. The molecule has 2 amide bonds. The molecule has 0 aliphatic carbocycles. The fourth-order valence-electron chi connectivity index (χ4n) is 4.28. The number of rotatable bonds is 8. The van der Waals surface area contributed by atoms with Crippen LogP contribution in [0.25, 0.3) is 11.0 Å². The Morgan fingerprint density at radius 1 is 1.22 bits per heavy atom. The summed E-state index contributed by atoms with van der Waals surface area (Å²) in [5.41, 5.74) is 1.05. The number of imidazole rings is 1. The highest BCUT2D eigenvalue weighted by molar-refractivity contribution is 6.05. The number of hydrogen-bond acceptors (Lipinski definition) is 6. The maximum atomic E-state index is 13.1. The molecule has 0 bridgehead atoms. The normalized spacial score (nSPS) is 15.3. The fourth-order valence-corrected chi connectivity index (χ4v) is 4.28. The first kappa shape index (κ1) is 26.2. The van der Waals surface area contributed by atoms with Crippen LogP contribution < -0.4 is 15.5 Å². The van der Waals surface area contributed by atoms with E-state index in [4.69, 9.17) is 4.74 Å². The number of esters is 1. The van der Waals surface area contributed by atoms with Crippen molar-refractivity contribution < 1.29 is 27.9 Å². The van der Waals surface area contributed by atoms with E-state index in [2.05, 4.69) is 15.6 Å². The number of fused-ring (bicyclic) bond motifs is 1. The third kappa shape index (κ3) is 5.77. The molecule has 4 rings (SSSR count). The van der Waals surface area contributed by atoms with Gasteiger partial charge in [-0.05, 0) is 50.6 Å². The van der Waals surface area contributed by atoms with Gasteiger partial charge in [0.15, 0.2) is 0 Å². The monoisotopic (exact) mass is 513 g/mol. The van der Waals surface area contributed by atoms with Crippen molar-refractivity contribution in [3.05, 3.63) is 53.6 Å². The Morgan fingerprint density at radius 3 is 2.73 bits per heavy atom. The van der Waals surface area contributed by atoms with E-state index >= 15 is 0 Å². The number of ether oxygens (including phenoxy) is 1. The number of alkyl halides is 2. The van der Waals surface area contributed by atoms with Crippen LogP contribution in [-0.4, -0.2) is 52.6 Å². The molecular formula is C26H29F2N5O4. The molecule has 9 nitrogen and oxygen atoms in total. The number of nitrogens with zero attached hydrogens (tertiary/aromatic N) is 3. The SMILES string of the molecule is CC(=O)OCCCn1c(NC(=O)c2cccc(C(F)F)c2)nc2cc(N3CCNC(C)(C)C3=O)ccc21. The quantitative estimate of drug-likeness (QED) is 0.350. The number of halogens is 2. The largest absolute Gasteiger partial charge is 0.466 e. The molecule has 0 atom stereocenters. The van der Waals surface area contributed by atoms with Crippen molar-refractivity contribution in [2.75, 3.05) is 29.9 Å². The van der Waals surface area contributed by atoms with Gasteiger partial charge in [0.25, 0.3) is 12.3 Å². The van der Waals surface area contributed by atoms with Crippen LogP contribution >= 0.6 is 0 Å². The summed E-state index contributed by atoms with van der Waals surface area (Å²) >= 11 is 0. The van der Waals surface area contributed by atoms with Crippen LogP contribution in [-0.2, 0) is 20.9 Å². The second-order valence-corrected chi connectivity index (χ2v) is 9.34. The van der Waals surface area contributed by atoms with Gasteiger partial charge in [-0.3, -0.25) is 19.7 Å². The molecule has 1 fully saturated rings. The number of anilines is 2. The van der Waals surface area contributed by atoms with Crippen LogP contribution in [0.2, 0.25) is 0 Å². The molecule has 1 aliphatic heterocycles. The lowest BCUT2D eigenvalue weighted by Gasteiger charge is -2.38. The standard InChI is InChI=1S/C26H29F2N5O4/c1-16(34)37-13-5-11-33-21-9-8-19(32-12-10-29-26(2,3)24(32)36)15-20(21)30-25(33)31-23(35)18-7-4-6-17(14-18)22(27)28/h4,6-9,14-15,22,29H,5,10-13H2,1-3H3,(H,30,31,35). The van der Waals surface area contributed by atoms with Gasteiger partial charge >= 0.3 is 5.97 Å². The van der Waals surface area contributed by atoms with Gasteiger partial charge in [0.1, 0.15) is 0 Å². The highest BCUT2D eigenvalue weighted by atomic mass is 19.3. The summed E-state index contributed by atoms with van der Waals surface area (Å²) in [7, 11) is 0. The number of aryl methyl sites for hydroxylation is 1. The maximum absolute atomic E-state index is 13.1. The van der Waals surface area contributed by atoms with Gasteiger partial charge in [0.2, 0.25) is 11.9 Å². The van der Waals surface area contributed by atoms with E-state index in [-0.39, 0.29) is 29.6 Å². The van der Waals surface area contributed by atoms with E-state index < -0.39 is 23.8 Å². The van der Waals surface area contributed by atoms with Gasteiger partial charge < -0.3 is 19.5 Å². The second kappa shape index (κ2) is 10.6. The molecule has 196 valence electrons. The summed E-state index contributed by atoms with van der Waals surface area (Å²) in [6.07, 6.45) is -2.24. The molecule has 1 aliphatic rings. The lowest BCUT2D eigenvalue weighted by atomic mass is 10.00. The zero-order valence-electron chi connectivity index (χ0n) is 20.9. The van der Waals surface area contributed by atoms with Crippen molar-refractivity contribution in [3.63, 3.8) is 0 Å². The number of carbonyl (C=O) groups excluding carboxylic acids is 3. The van der Waals surface area contributed by atoms with Gasteiger partial charge in [0.05, 0.1) is 23.2 Å². The third-order valence-corrected chi connectivity index (χ3v) is 6.18. The Labute approximate surface area is 212 Å². The summed E-state index contributed by atoms with van der Waals surface area (Å²) in [5, 5.41) is 5.92. The van der Waals surface area contributed by atoms with Gasteiger partial charge in [-0.15, -0.1) is 0 Å². The average Bonchev–Trinajstić information content (AvgIpc) is 3.19. The molecule has 1 saturated heterocycles. The minimum Gasteiger partial charge on any atom is -0.466 e. The number of benzene rings is 2. The summed E-state index contributed by atoms with van der Waals surface area (Å²) in [4.78, 5) is 43.3. The van der Waals surface area contributed by atoms with Crippen molar-refractivity contribution in [1.29, 1.82) is 0 Å². The van der Waals surface area contributed by atoms with Gasteiger partial charge in [-0.2, -0.15) is 0 Å². The summed E-state index contributed by atoms with van der Waals surface area (Å²) in [5.74, 6) is -0.824. The number of nitrogens with one attached hydrogen (secondary N) is 2. The molecule has 2 N–H and O–H groups in total. The lowest BCUT2D eigenvalue weighted by Crippen LogP contribution is -2.61. The lowest BCUT2D eigenvalue weighted by molar-refractivity contribution is -0.141. The smallest absolute Gasteiger partial charge is 0.302 e. The zero-order chi connectivity index (χ0) is 26.7. The average molecular weight is 514 g/mol. The number of amides is 2. The first-order valence-electron chi connectivity index (χ1n) is 12.0. The van der Waals surface area contributed by atoms with Crippen LogP contribution in [0.5, 0.6) is 0 Å². The van der Waals surface area contributed by atoms with Crippen molar-refractivity contribution in [2.45, 2.75) is 45.7 Å². The van der Waals surface area contributed by atoms with Gasteiger partial charge in [-0.1, -0.05) is 12.1 Å². The maximum Gasteiger partial charge on any atom is 0.302 e. The van der Waals surface area contributed by atoms with Gasteiger partial charge in [0, 0.05) is 43.4 Å². The van der Waals surface area contributed by atoms with E-state index in [0.29, 0.717) is 42.8 Å². The number of carbonyl (C=O) groups is 3. The van der Waals surface area contributed by atoms with Crippen LogP contribution in [0.3, 0.4) is 0 Å². The first-order chi connectivity index (χ1) is 17.6. The van der Waals surface area contributed by atoms with E-state index in [1.54, 1.807) is 15.5 Å². The Hall–Kier alpha value is -3.86. The van der Waals surface area contributed by atoms with Crippen LogP contribution in [0.4, 0.5) is 20.4 Å². The number of piperazine rings is 1.